The van der Waals surface area contributed by atoms with Crippen LogP contribution in [0.1, 0.15) is 27.5 Å². The molecule has 0 bridgehead atoms. The number of halogens is 1. The number of ether oxygens (including phenoxy) is 1. The molecule has 0 aliphatic carbocycles. The molecular formula is C28H21ClN2O4S2. The van der Waals surface area contributed by atoms with E-state index in [0.29, 0.717) is 33.7 Å². The Hall–Kier alpha value is -3.33. The summed E-state index contributed by atoms with van der Waals surface area (Å²) in [5, 5.41) is 0.412. The maximum Gasteiger partial charge on any atom is 0.305 e. The zero-order chi connectivity index (χ0) is 25.7. The van der Waals surface area contributed by atoms with Crippen molar-refractivity contribution in [2.24, 2.45) is 5.92 Å². The van der Waals surface area contributed by atoms with Crippen molar-refractivity contribution in [1.29, 1.82) is 0 Å². The molecule has 2 amide bonds. The van der Waals surface area contributed by atoms with Crippen LogP contribution in [-0.2, 0) is 16.2 Å². The monoisotopic (exact) mass is 548 g/mol. The van der Waals surface area contributed by atoms with E-state index in [4.69, 9.17) is 16.3 Å². The fourth-order valence-corrected chi connectivity index (χ4v) is 7.61. The average molecular weight is 549 g/mol. The number of anilines is 1. The number of aromatic amines is 1. The van der Waals surface area contributed by atoms with Crippen LogP contribution >= 0.6 is 34.7 Å². The summed E-state index contributed by atoms with van der Waals surface area (Å²) in [5.74, 6) is -1.31. The van der Waals surface area contributed by atoms with Gasteiger partial charge in [-0.2, -0.15) is 0 Å². The van der Waals surface area contributed by atoms with Gasteiger partial charge in [0.25, 0.3) is 0 Å². The van der Waals surface area contributed by atoms with Crippen molar-refractivity contribution in [3.8, 4) is 5.75 Å². The number of nitrogens with zero attached hydrogens (tertiary/aromatic N) is 1. The van der Waals surface area contributed by atoms with Crippen molar-refractivity contribution in [2.75, 3.05) is 4.90 Å². The van der Waals surface area contributed by atoms with Crippen LogP contribution in [0.4, 0.5) is 5.69 Å². The molecule has 3 aromatic carbocycles. The number of amides is 2. The highest BCUT2D eigenvalue weighted by molar-refractivity contribution is 8.00. The van der Waals surface area contributed by atoms with Crippen LogP contribution in [0.25, 0.3) is 0 Å². The van der Waals surface area contributed by atoms with Crippen molar-refractivity contribution in [2.45, 2.75) is 29.7 Å². The van der Waals surface area contributed by atoms with E-state index in [2.05, 4.69) is 4.98 Å². The number of imide groups is 1. The molecule has 1 aromatic heterocycles. The second kappa shape index (κ2) is 9.52. The number of carbonyl (C=O) groups excluding carboxylic acids is 2. The number of thioether (sulfide) groups is 1. The fourth-order valence-electron chi connectivity index (χ4n) is 4.92. The van der Waals surface area contributed by atoms with Gasteiger partial charge in [0.2, 0.25) is 11.8 Å². The summed E-state index contributed by atoms with van der Waals surface area (Å²) in [5.41, 5.74) is 3.37. The summed E-state index contributed by atoms with van der Waals surface area (Å²) >= 11 is 8.75. The smallest absolute Gasteiger partial charge is 0.305 e. The van der Waals surface area contributed by atoms with Gasteiger partial charge in [0.05, 0.1) is 16.6 Å². The van der Waals surface area contributed by atoms with Crippen molar-refractivity contribution in [1.82, 2.24) is 4.98 Å². The molecule has 4 aromatic rings. The van der Waals surface area contributed by atoms with Gasteiger partial charge in [0.1, 0.15) is 17.6 Å². The number of thiazole rings is 1. The van der Waals surface area contributed by atoms with E-state index in [-0.39, 0.29) is 16.7 Å². The Balaban J connectivity index is 1.44. The van der Waals surface area contributed by atoms with Gasteiger partial charge >= 0.3 is 4.87 Å². The SMILES string of the molecule is Cc1ccc(COc2ccc(Cl)cc2[C@H]2c3sc(=O)[nH]c3SC3C(=O)N(c4ccccc4)C(=O)C32)cc1. The molecule has 0 radical (unpaired) electrons. The Kier molecular flexibility index (Phi) is 6.18. The lowest BCUT2D eigenvalue weighted by Gasteiger charge is -2.31. The maximum atomic E-state index is 13.9. The zero-order valence-corrected chi connectivity index (χ0v) is 22.0. The van der Waals surface area contributed by atoms with Crippen molar-refractivity contribution >= 4 is 52.2 Å². The number of nitrogens with one attached hydrogen (secondary N) is 1. The molecule has 2 aliphatic heterocycles. The van der Waals surface area contributed by atoms with Crippen molar-refractivity contribution in [3.63, 3.8) is 0 Å². The largest absolute Gasteiger partial charge is 0.489 e. The third kappa shape index (κ3) is 4.29. The lowest BCUT2D eigenvalue weighted by atomic mass is 9.82. The normalized spacial score (nSPS) is 20.6. The highest BCUT2D eigenvalue weighted by atomic mass is 35.5. The molecule has 186 valence electrons. The molecule has 6 rings (SSSR count). The lowest BCUT2D eigenvalue weighted by Crippen LogP contribution is -2.32. The predicted octanol–water partition coefficient (Wildman–Crippen LogP) is 5.77. The summed E-state index contributed by atoms with van der Waals surface area (Å²) in [6, 6.07) is 22.3. The Bertz CT molecular complexity index is 1570. The molecule has 9 heteroatoms. The van der Waals surface area contributed by atoms with E-state index in [0.717, 1.165) is 27.3 Å². The number of hydrogen-bond donors (Lipinski definition) is 1. The lowest BCUT2D eigenvalue weighted by molar-refractivity contribution is -0.122. The molecule has 1 N–H and O–H groups in total. The number of benzene rings is 3. The first-order chi connectivity index (χ1) is 17.9. The van der Waals surface area contributed by atoms with Gasteiger partial charge in [-0.3, -0.25) is 14.4 Å². The zero-order valence-electron chi connectivity index (χ0n) is 19.6. The number of aromatic nitrogens is 1. The van der Waals surface area contributed by atoms with E-state index in [1.165, 1.54) is 16.7 Å². The van der Waals surface area contributed by atoms with Crippen LogP contribution in [0.5, 0.6) is 5.75 Å². The summed E-state index contributed by atoms with van der Waals surface area (Å²) in [6.45, 7) is 2.35. The number of rotatable bonds is 5. The minimum Gasteiger partial charge on any atom is -0.489 e. The number of carbonyl (C=O) groups is 2. The number of fused-ring (bicyclic) bond motifs is 2. The van der Waals surface area contributed by atoms with Crippen LogP contribution in [0.3, 0.4) is 0 Å². The van der Waals surface area contributed by atoms with Gasteiger partial charge in [-0.25, -0.2) is 4.90 Å². The first-order valence-electron chi connectivity index (χ1n) is 11.7. The van der Waals surface area contributed by atoms with E-state index in [1.807, 2.05) is 37.3 Å². The van der Waals surface area contributed by atoms with Gasteiger partial charge in [-0.05, 0) is 42.8 Å². The number of hydrogen-bond acceptors (Lipinski definition) is 6. The van der Waals surface area contributed by atoms with Crippen molar-refractivity contribution in [3.05, 3.63) is 109 Å². The van der Waals surface area contributed by atoms with Gasteiger partial charge in [-0.1, -0.05) is 82.7 Å². The Morgan fingerprint density at radius 1 is 0.973 bits per heavy atom. The first kappa shape index (κ1) is 24.0. The van der Waals surface area contributed by atoms with E-state index in [1.54, 1.807) is 42.5 Å². The maximum absolute atomic E-state index is 13.9. The second-order valence-corrected chi connectivity index (χ2v) is 11.7. The van der Waals surface area contributed by atoms with E-state index in [9.17, 15) is 14.4 Å². The summed E-state index contributed by atoms with van der Waals surface area (Å²) in [4.78, 5) is 44.5. The Morgan fingerprint density at radius 2 is 1.73 bits per heavy atom. The van der Waals surface area contributed by atoms with Gasteiger partial charge in [0, 0.05) is 21.4 Å². The predicted molar refractivity (Wildman–Crippen MR) is 146 cm³/mol. The molecule has 37 heavy (non-hydrogen) atoms. The van der Waals surface area contributed by atoms with Crippen LogP contribution in [0.2, 0.25) is 5.02 Å². The topological polar surface area (TPSA) is 79.5 Å². The highest BCUT2D eigenvalue weighted by Crippen LogP contribution is 2.54. The summed E-state index contributed by atoms with van der Waals surface area (Å²) in [7, 11) is 0. The molecule has 2 aliphatic rings. The Labute approximate surface area is 226 Å². The van der Waals surface area contributed by atoms with Crippen LogP contribution < -0.4 is 14.5 Å². The molecule has 1 saturated heterocycles. The number of aryl methyl sites for hydroxylation is 1. The summed E-state index contributed by atoms with van der Waals surface area (Å²) in [6.07, 6.45) is 0. The fraction of sp³-hybridized carbons (Fsp3) is 0.179. The molecule has 1 fully saturated rings. The molecule has 2 unspecified atom stereocenters. The molecule has 3 atom stereocenters. The van der Waals surface area contributed by atoms with Crippen molar-refractivity contribution < 1.29 is 14.3 Å². The van der Waals surface area contributed by atoms with Gasteiger partial charge in [0.15, 0.2) is 0 Å². The molecular weight excluding hydrogens is 528 g/mol. The Morgan fingerprint density at radius 3 is 2.49 bits per heavy atom. The minimum atomic E-state index is -0.711. The third-order valence-corrected chi connectivity index (χ3v) is 9.30. The second-order valence-electron chi connectivity index (χ2n) is 9.05. The highest BCUT2D eigenvalue weighted by Gasteiger charge is 2.56. The van der Waals surface area contributed by atoms with E-state index >= 15 is 0 Å². The number of H-pyrrole nitrogens is 1. The van der Waals surface area contributed by atoms with Crippen LogP contribution in [0, 0.1) is 12.8 Å². The molecule has 0 spiro atoms. The van der Waals surface area contributed by atoms with Crippen LogP contribution in [0.15, 0.2) is 82.6 Å². The third-order valence-electron chi connectivity index (χ3n) is 6.66. The minimum absolute atomic E-state index is 0.230. The quantitative estimate of drug-likeness (QED) is 0.320. The summed E-state index contributed by atoms with van der Waals surface area (Å²) < 4.78 is 6.26. The van der Waals surface area contributed by atoms with E-state index < -0.39 is 17.1 Å². The molecule has 3 heterocycles. The average Bonchev–Trinajstić information content (AvgIpc) is 3.39. The molecule has 6 nitrogen and oxygen atoms in total. The first-order valence-corrected chi connectivity index (χ1v) is 13.8. The van der Waals surface area contributed by atoms with Gasteiger partial charge < -0.3 is 9.72 Å². The molecule has 0 saturated carbocycles. The van der Waals surface area contributed by atoms with Crippen LogP contribution in [-0.4, -0.2) is 22.0 Å². The standard InChI is InChI=1S/C28H21ClN2O4S2/c1-15-7-9-16(10-8-15)14-35-20-12-11-17(29)13-19(20)21-22-24(36-25-23(21)37-28(34)30-25)27(33)31(26(22)32)18-5-3-2-4-6-18/h2-13,21-22,24H,14H2,1H3,(H,30,34)/t21-,22?,24?/m1/s1. The number of para-hydroxylation sites is 1. The van der Waals surface area contributed by atoms with Gasteiger partial charge in [-0.15, -0.1) is 0 Å².